The fraction of sp³-hybridized carbons (Fsp3) is 0. The minimum Gasteiger partial charge on any atom is -0.455 e. The van der Waals surface area contributed by atoms with Crippen LogP contribution in [0.25, 0.3) is 0 Å². The quantitative estimate of drug-likeness (QED) is 0.822. The van der Waals surface area contributed by atoms with E-state index < -0.39 is 0 Å². The van der Waals surface area contributed by atoms with Gasteiger partial charge in [-0.2, -0.15) is 5.26 Å². The Kier molecular flexibility index (Phi) is 3.17. The van der Waals surface area contributed by atoms with Crippen molar-refractivity contribution >= 4 is 17.3 Å². The average Bonchev–Trinajstić information content (AvgIpc) is 2.33. The third kappa shape index (κ3) is 2.68. The van der Waals surface area contributed by atoms with Gasteiger partial charge in [0.25, 0.3) is 0 Å². The van der Waals surface area contributed by atoms with Crippen LogP contribution in [-0.4, -0.2) is 0 Å². The third-order valence-corrected chi connectivity index (χ3v) is 2.40. The summed E-state index contributed by atoms with van der Waals surface area (Å²) in [6.45, 7) is 0. The van der Waals surface area contributed by atoms with E-state index in [1.165, 1.54) is 0 Å². The highest BCUT2D eigenvalue weighted by Gasteiger charge is 2.03. The van der Waals surface area contributed by atoms with Crippen LogP contribution in [0.5, 0.6) is 11.5 Å². The molecule has 2 rings (SSSR count). The second kappa shape index (κ2) is 4.77. The number of nitriles is 1. The Morgan fingerprint density at radius 2 is 2.00 bits per heavy atom. The maximum Gasteiger partial charge on any atom is 0.150 e. The number of nitrogens with two attached hydrogens (primary N) is 1. The van der Waals surface area contributed by atoms with Gasteiger partial charge in [-0.1, -0.05) is 17.7 Å². The summed E-state index contributed by atoms with van der Waals surface area (Å²) in [7, 11) is 0. The summed E-state index contributed by atoms with van der Waals surface area (Å²) in [5.41, 5.74) is 6.76. The molecule has 0 amide bonds. The number of halogens is 1. The van der Waals surface area contributed by atoms with Gasteiger partial charge in [0.2, 0.25) is 0 Å². The molecule has 0 spiro atoms. The van der Waals surface area contributed by atoms with Crippen molar-refractivity contribution in [2.75, 3.05) is 5.73 Å². The Morgan fingerprint density at radius 3 is 2.71 bits per heavy atom. The predicted octanol–water partition coefficient (Wildman–Crippen LogP) is 3.59. The molecule has 2 N–H and O–H groups in total. The van der Waals surface area contributed by atoms with E-state index in [0.29, 0.717) is 27.8 Å². The number of benzene rings is 2. The fourth-order valence-electron chi connectivity index (χ4n) is 1.37. The molecule has 0 saturated heterocycles. The van der Waals surface area contributed by atoms with Gasteiger partial charge in [0.05, 0.1) is 17.3 Å². The monoisotopic (exact) mass is 244 g/mol. The van der Waals surface area contributed by atoms with Gasteiger partial charge in [-0.05, 0) is 36.4 Å². The van der Waals surface area contributed by atoms with Crippen LogP contribution in [0.4, 0.5) is 5.69 Å². The number of nitrogens with zero attached hydrogens (tertiary/aromatic N) is 1. The van der Waals surface area contributed by atoms with Crippen molar-refractivity contribution in [1.82, 2.24) is 0 Å². The maximum atomic E-state index is 8.77. The lowest BCUT2D eigenvalue weighted by Crippen LogP contribution is -1.92. The molecular weight excluding hydrogens is 236 g/mol. The first kappa shape index (κ1) is 11.3. The number of nitrogen functional groups attached to an aromatic ring is 1. The SMILES string of the molecule is N#Cc1cccc(Oc2ccc(Cl)cc2N)c1. The zero-order chi connectivity index (χ0) is 12.3. The number of anilines is 1. The first-order valence-corrected chi connectivity index (χ1v) is 5.30. The molecule has 4 heteroatoms. The maximum absolute atomic E-state index is 8.77. The minimum atomic E-state index is 0.458. The molecule has 0 aliphatic carbocycles. The summed E-state index contributed by atoms with van der Waals surface area (Å²) in [5.74, 6) is 1.09. The molecule has 0 fully saturated rings. The third-order valence-electron chi connectivity index (χ3n) is 2.16. The number of rotatable bonds is 2. The highest BCUT2D eigenvalue weighted by molar-refractivity contribution is 6.30. The molecule has 17 heavy (non-hydrogen) atoms. The Morgan fingerprint density at radius 1 is 1.18 bits per heavy atom. The van der Waals surface area contributed by atoms with Crippen molar-refractivity contribution in [2.24, 2.45) is 0 Å². The second-order valence-corrected chi connectivity index (χ2v) is 3.86. The molecular formula is C13H9ClN2O. The van der Waals surface area contributed by atoms with Crippen LogP contribution in [0.2, 0.25) is 5.02 Å². The molecule has 2 aromatic carbocycles. The van der Waals surface area contributed by atoms with Crippen LogP contribution < -0.4 is 10.5 Å². The van der Waals surface area contributed by atoms with E-state index in [-0.39, 0.29) is 0 Å². The van der Waals surface area contributed by atoms with Crippen molar-refractivity contribution in [1.29, 1.82) is 5.26 Å². The zero-order valence-electron chi connectivity index (χ0n) is 8.85. The molecule has 0 aromatic heterocycles. The molecule has 0 heterocycles. The number of hydrogen-bond acceptors (Lipinski definition) is 3. The normalized spacial score (nSPS) is 9.65. The fourth-order valence-corrected chi connectivity index (χ4v) is 1.55. The summed E-state index contributed by atoms with van der Waals surface area (Å²) in [4.78, 5) is 0. The summed E-state index contributed by atoms with van der Waals surface area (Å²) >= 11 is 5.79. The molecule has 0 unspecified atom stereocenters. The molecule has 0 radical (unpaired) electrons. The minimum absolute atomic E-state index is 0.458. The van der Waals surface area contributed by atoms with E-state index in [0.717, 1.165) is 0 Å². The van der Waals surface area contributed by atoms with Gasteiger partial charge >= 0.3 is 0 Å². The second-order valence-electron chi connectivity index (χ2n) is 3.42. The van der Waals surface area contributed by atoms with Gasteiger partial charge in [0.15, 0.2) is 0 Å². The van der Waals surface area contributed by atoms with Crippen LogP contribution in [0, 0.1) is 11.3 Å². The Balaban J connectivity index is 2.28. The summed E-state index contributed by atoms with van der Waals surface area (Å²) in [5, 5.41) is 9.33. The van der Waals surface area contributed by atoms with E-state index in [1.54, 1.807) is 42.5 Å². The zero-order valence-corrected chi connectivity index (χ0v) is 9.61. The van der Waals surface area contributed by atoms with E-state index >= 15 is 0 Å². The number of hydrogen-bond donors (Lipinski definition) is 1. The predicted molar refractivity (Wildman–Crippen MR) is 67.1 cm³/mol. The standard InChI is InChI=1S/C13H9ClN2O/c14-10-4-5-13(12(16)7-10)17-11-3-1-2-9(6-11)8-15/h1-7H,16H2. The molecule has 0 aliphatic rings. The van der Waals surface area contributed by atoms with E-state index in [9.17, 15) is 0 Å². The van der Waals surface area contributed by atoms with Crippen LogP contribution in [0.3, 0.4) is 0 Å². The lowest BCUT2D eigenvalue weighted by molar-refractivity contribution is 0.485. The lowest BCUT2D eigenvalue weighted by Gasteiger charge is -2.08. The van der Waals surface area contributed by atoms with E-state index in [1.807, 2.05) is 6.07 Å². The smallest absolute Gasteiger partial charge is 0.150 e. The van der Waals surface area contributed by atoms with Crippen LogP contribution in [0.1, 0.15) is 5.56 Å². The molecule has 0 saturated carbocycles. The molecule has 84 valence electrons. The Labute approximate surface area is 104 Å². The molecule has 0 bridgehead atoms. The van der Waals surface area contributed by atoms with Crippen molar-refractivity contribution in [3.8, 4) is 17.6 Å². The Hall–Kier alpha value is -2.18. The van der Waals surface area contributed by atoms with E-state index in [2.05, 4.69) is 0 Å². The molecule has 0 atom stereocenters. The topological polar surface area (TPSA) is 59.0 Å². The molecule has 0 aliphatic heterocycles. The van der Waals surface area contributed by atoms with Gasteiger partial charge in [-0.15, -0.1) is 0 Å². The average molecular weight is 245 g/mol. The van der Waals surface area contributed by atoms with Crippen molar-refractivity contribution in [3.05, 3.63) is 53.1 Å². The molecule has 3 nitrogen and oxygen atoms in total. The lowest BCUT2D eigenvalue weighted by atomic mass is 10.2. The van der Waals surface area contributed by atoms with Gasteiger partial charge < -0.3 is 10.5 Å². The summed E-state index contributed by atoms with van der Waals surface area (Å²) in [6.07, 6.45) is 0. The summed E-state index contributed by atoms with van der Waals surface area (Å²) < 4.78 is 5.57. The van der Waals surface area contributed by atoms with Crippen molar-refractivity contribution in [2.45, 2.75) is 0 Å². The van der Waals surface area contributed by atoms with Gasteiger partial charge in [-0.3, -0.25) is 0 Å². The van der Waals surface area contributed by atoms with Crippen LogP contribution in [0.15, 0.2) is 42.5 Å². The van der Waals surface area contributed by atoms with Gasteiger partial charge in [0, 0.05) is 5.02 Å². The van der Waals surface area contributed by atoms with Crippen LogP contribution in [-0.2, 0) is 0 Å². The van der Waals surface area contributed by atoms with E-state index in [4.69, 9.17) is 27.3 Å². The Bertz CT molecular complexity index is 590. The van der Waals surface area contributed by atoms with Gasteiger partial charge in [-0.25, -0.2) is 0 Å². The van der Waals surface area contributed by atoms with Crippen molar-refractivity contribution < 1.29 is 4.74 Å². The first-order valence-electron chi connectivity index (χ1n) is 4.92. The van der Waals surface area contributed by atoms with Crippen molar-refractivity contribution in [3.63, 3.8) is 0 Å². The highest BCUT2D eigenvalue weighted by Crippen LogP contribution is 2.29. The first-order chi connectivity index (χ1) is 8.19. The largest absolute Gasteiger partial charge is 0.455 e. The van der Waals surface area contributed by atoms with Gasteiger partial charge in [0.1, 0.15) is 11.5 Å². The molecule has 2 aromatic rings. The highest BCUT2D eigenvalue weighted by atomic mass is 35.5. The summed E-state index contributed by atoms with van der Waals surface area (Å²) in [6, 6.07) is 13.9. The number of ether oxygens (including phenoxy) is 1. The van der Waals surface area contributed by atoms with Crippen LogP contribution >= 0.6 is 11.6 Å².